The number of benzene rings is 2. The van der Waals surface area contributed by atoms with E-state index in [2.05, 4.69) is 10.5 Å². The van der Waals surface area contributed by atoms with Gasteiger partial charge in [-0.15, -0.1) is 0 Å². The van der Waals surface area contributed by atoms with Crippen molar-refractivity contribution >= 4 is 29.4 Å². The third-order valence-corrected chi connectivity index (χ3v) is 3.22. The molecule has 6 nitrogen and oxygen atoms in total. The van der Waals surface area contributed by atoms with Crippen molar-refractivity contribution in [3.05, 3.63) is 52.5 Å². The van der Waals surface area contributed by atoms with Gasteiger partial charge in [0, 0.05) is 5.69 Å². The zero-order valence-electron chi connectivity index (χ0n) is 12.4. The molecular weight excluding hydrogens is 318 g/mol. The zero-order chi connectivity index (χ0) is 16.8. The Morgan fingerprint density at radius 3 is 2.87 bits per heavy atom. The van der Waals surface area contributed by atoms with E-state index in [0.717, 1.165) is 0 Å². The molecular formula is C16H16ClN3O3. The molecule has 0 atom stereocenters. The van der Waals surface area contributed by atoms with Gasteiger partial charge >= 0.3 is 0 Å². The van der Waals surface area contributed by atoms with Crippen molar-refractivity contribution in [2.24, 2.45) is 5.10 Å². The van der Waals surface area contributed by atoms with Crippen LogP contribution in [0.4, 0.5) is 5.69 Å². The first kappa shape index (κ1) is 16.6. The van der Waals surface area contributed by atoms with Crippen LogP contribution in [0.3, 0.4) is 0 Å². The molecule has 1 amide bonds. The van der Waals surface area contributed by atoms with Crippen LogP contribution in [0.5, 0.6) is 11.5 Å². The highest BCUT2D eigenvalue weighted by Gasteiger charge is 2.09. The van der Waals surface area contributed by atoms with Crippen LogP contribution < -0.4 is 15.9 Å². The molecule has 0 spiro atoms. The molecule has 0 radical (unpaired) electrons. The van der Waals surface area contributed by atoms with Crippen LogP contribution in [0.15, 0.2) is 41.5 Å². The molecule has 2 rings (SSSR count). The van der Waals surface area contributed by atoms with E-state index in [0.29, 0.717) is 23.4 Å². The SMILES string of the molecule is CCOc1cc(/C=N\NC(=O)c2ccccc2N)cc(Cl)c1O. The van der Waals surface area contributed by atoms with Crippen molar-refractivity contribution in [2.45, 2.75) is 6.92 Å². The van der Waals surface area contributed by atoms with Gasteiger partial charge in [0.15, 0.2) is 11.5 Å². The molecule has 2 aromatic rings. The predicted octanol–water partition coefficient (Wildman–Crippen LogP) is 2.79. The van der Waals surface area contributed by atoms with Crippen LogP contribution in [0.2, 0.25) is 5.02 Å². The molecule has 7 heteroatoms. The number of carbonyl (C=O) groups excluding carboxylic acids is 1. The van der Waals surface area contributed by atoms with Gasteiger partial charge in [0.05, 0.1) is 23.4 Å². The maximum atomic E-state index is 12.0. The van der Waals surface area contributed by atoms with Gasteiger partial charge in [-0.25, -0.2) is 5.43 Å². The molecule has 0 heterocycles. The lowest BCUT2D eigenvalue weighted by atomic mass is 10.2. The summed E-state index contributed by atoms with van der Waals surface area (Å²) in [5.41, 5.74) is 9.37. The number of nitrogens with two attached hydrogens (primary N) is 1. The van der Waals surface area contributed by atoms with E-state index in [9.17, 15) is 9.90 Å². The maximum Gasteiger partial charge on any atom is 0.273 e. The zero-order valence-corrected chi connectivity index (χ0v) is 13.2. The molecule has 0 saturated heterocycles. The number of phenols is 1. The van der Waals surface area contributed by atoms with Gasteiger partial charge < -0.3 is 15.6 Å². The minimum absolute atomic E-state index is 0.133. The summed E-state index contributed by atoms with van der Waals surface area (Å²) in [6.45, 7) is 2.17. The number of halogens is 1. The van der Waals surface area contributed by atoms with E-state index in [1.165, 1.54) is 12.3 Å². The second-order valence-electron chi connectivity index (χ2n) is 4.57. The fourth-order valence-corrected chi connectivity index (χ4v) is 2.08. The highest BCUT2D eigenvalue weighted by molar-refractivity contribution is 6.32. The molecule has 0 bridgehead atoms. The van der Waals surface area contributed by atoms with E-state index in [4.69, 9.17) is 22.1 Å². The Morgan fingerprint density at radius 2 is 2.17 bits per heavy atom. The Morgan fingerprint density at radius 1 is 1.43 bits per heavy atom. The highest BCUT2D eigenvalue weighted by Crippen LogP contribution is 2.34. The number of hydrazone groups is 1. The summed E-state index contributed by atoms with van der Waals surface area (Å²) in [6, 6.07) is 9.76. The average molecular weight is 334 g/mol. The standard InChI is InChI=1S/C16H16ClN3O3/c1-2-23-14-8-10(7-12(17)15(14)21)9-19-20-16(22)11-5-3-4-6-13(11)18/h3-9,21H,2,18H2,1H3,(H,20,22)/b19-9-. The molecule has 0 fully saturated rings. The lowest BCUT2D eigenvalue weighted by molar-refractivity contribution is 0.0956. The lowest BCUT2D eigenvalue weighted by Crippen LogP contribution is -2.19. The Kier molecular flexibility index (Phi) is 5.43. The third kappa shape index (κ3) is 4.14. The number of nitrogens with one attached hydrogen (secondary N) is 1. The third-order valence-electron chi connectivity index (χ3n) is 2.94. The van der Waals surface area contributed by atoms with Crippen LogP contribution >= 0.6 is 11.6 Å². The fourth-order valence-electron chi connectivity index (χ4n) is 1.86. The van der Waals surface area contributed by atoms with Crippen molar-refractivity contribution in [1.29, 1.82) is 0 Å². The number of aromatic hydroxyl groups is 1. The number of rotatable bonds is 5. The fraction of sp³-hybridized carbons (Fsp3) is 0.125. The van der Waals surface area contributed by atoms with Crippen LogP contribution in [0.25, 0.3) is 0 Å². The number of para-hydroxylation sites is 1. The molecule has 2 aromatic carbocycles. The number of carbonyl (C=O) groups is 1. The van der Waals surface area contributed by atoms with Crippen LogP contribution in [0, 0.1) is 0 Å². The molecule has 0 unspecified atom stereocenters. The summed E-state index contributed by atoms with van der Waals surface area (Å²) in [7, 11) is 0. The van der Waals surface area contributed by atoms with Gasteiger partial charge in [0.2, 0.25) is 0 Å². The molecule has 0 aromatic heterocycles. The van der Waals surface area contributed by atoms with Gasteiger partial charge in [0.1, 0.15) is 0 Å². The summed E-state index contributed by atoms with van der Waals surface area (Å²) in [5.74, 6) is -0.305. The first-order valence-electron chi connectivity index (χ1n) is 6.86. The van der Waals surface area contributed by atoms with Gasteiger partial charge in [-0.2, -0.15) is 5.10 Å². The van der Waals surface area contributed by atoms with Gasteiger partial charge in [-0.3, -0.25) is 4.79 Å². The molecule has 120 valence electrons. The summed E-state index contributed by atoms with van der Waals surface area (Å²) < 4.78 is 5.27. The first-order chi connectivity index (χ1) is 11.0. The van der Waals surface area contributed by atoms with Crippen molar-refractivity contribution in [1.82, 2.24) is 5.43 Å². The van der Waals surface area contributed by atoms with E-state index in [-0.39, 0.29) is 16.5 Å². The summed E-state index contributed by atoms with van der Waals surface area (Å²) in [4.78, 5) is 12.0. The molecule has 23 heavy (non-hydrogen) atoms. The molecule has 0 aliphatic carbocycles. The smallest absolute Gasteiger partial charge is 0.273 e. The van der Waals surface area contributed by atoms with Crippen molar-refractivity contribution in [3.8, 4) is 11.5 Å². The molecule has 0 aliphatic rings. The maximum absolute atomic E-state index is 12.0. The summed E-state index contributed by atoms with van der Waals surface area (Å²) in [6.07, 6.45) is 1.39. The predicted molar refractivity (Wildman–Crippen MR) is 90.2 cm³/mol. The number of amides is 1. The number of ether oxygens (including phenoxy) is 1. The topological polar surface area (TPSA) is 96.9 Å². The van der Waals surface area contributed by atoms with Crippen molar-refractivity contribution in [3.63, 3.8) is 0 Å². The normalized spacial score (nSPS) is 10.7. The Balaban J connectivity index is 2.12. The molecule has 0 aliphatic heterocycles. The second-order valence-corrected chi connectivity index (χ2v) is 4.98. The van der Waals surface area contributed by atoms with E-state index < -0.39 is 5.91 Å². The number of hydrogen-bond donors (Lipinski definition) is 3. The quantitative estimate of drug-likeness (QED) is 0.445. The summed E-state index contributed by atoms with van der Waals surface area (Å²) in [5, 5.41) is 13.8. The summed E-state index contributed by atoms with van der Waals surface area (Å²) >= 11 is 5.92. The van der Waals surface area contributed by atoms with Crippen molar-refractivity contribution < 1.29 is 14.6 Å². The number of nitrogens with zero attached hydrogens (tertiary/aromatic N) is 1. The van der Waals surface area contributed by atoms with Crippen LogP contribution in [-0.2, 0) is 0 Å². The van der Waals surface area contributed by atoms with Crippen LogP contribution in [0.1, 0.15) is 22.8 Å². The monoisotopic (exact) mass is 333 g/mol. The van der Waals surface area contributed by atoms with Crippen LogP contribution in [-0.4, -0.2) is 23.8 Å². The number of phenolic OH excluding ortho intramolecular Hbond substituents is 1. The van der Waals surface area contributed by atoms with Gasteiger partial charge in [-0.05, 0) is 36.8 Å². The van der Waals surface area contributed by atoms with Gasteiger partial charge in [0.25, 0.3) is 5.91 Å². The van der Waals surface area contributed by atoms with E-state index in [1.54, 1.807) is 37.3 Å². The highest BCUT2D eigenvalue weighted by atomic mass is 35.5. The Bertz CT molecular complexity index is 747. The lowest BCUT2D eigenvalue weighted by Gasteiger charge is -2.08. The van der Waals surface area contributed by atoms with E-state index >= 15 is 0 Å². The second kappa shape index (κ2) is 7.51. The molecule has 4 N–H and O–H groups in total. The van der Waals surface area contributed by atoms with Gasteiger partial charge in [-0.1, -0.05) is 23.7 Å². The Hall–Kier alpha value is -2.73. The Labute approximate surface area is 138 Å². The first-order valence-corrected chi connectivity index (χ1v) is 7.24. The minimum Gasteiger partial charge on any atom is -0.503 e. The average Bonchev–Trinajstić information content (AvgIpc) is 2.52. The van der Waals surface area contributed by atoms with E-state index in [1.807, 2.05) is 0 Å². The molecule has 0 saturated carbocycles. The minimum atomic E-state index is -0.422. The number of nitrogen functional groups attached to an aromatic ring is 1. The largest absolute Gasteiger partial charge is 0.503 e. The number of hydrogen-bond acceptors (Lipinski definition) is 5. The number of anilines is 1. The van der Waals surface area contributed by atoms with Crippen molar-refractivity contribution in [2.75, 3.05) is 12.3 Å².